The van der Waals surface area contributed by atoms with E-state index in [-0.39, 0.29) is 0 Å². The van der Waals surface area contributed by atoms with Crippen molar-refractivity contribution in [2.24, 2.45) is 0 Å². The van der Waals surface area contributed by atoms with Crippen molar-refractivity contribution in [2.45, 2.75) is 43.9 Å². The Morgan fingerprint density at radius 2 is 2.08 bits per heavy atom. The first-order valence-corrected chi connectivity index (χ1v) is 6.22. The Labute approximate surface area is 77.6 Å². The number of hydrogen-bond acceptors (Lipinski definition) is 2. The fraction of sp³-hybridized carbons (Fsp3) is 1.00. The second-order valence-electron chi connectivity index (χ2n) is 3.39. The van der Waals surface area contributed by atoms with Crippen molar-refractivity contribution in [2.75, 3.05) is 12.8 Å². The highest BCUT2D eigenvalue weighted by molar-refractivity contribution is 7.85. The van der Waals surface area contributed by atoms with E-state index >= 15 is 0 Å². The Hall–Kier alpha value is 0.110. The number of hydrogen-bond donors (Lipinski definition) is 1. The predicted octanol–water partition coefficient (Wildman–Crippen LogP) is 1.29. The summed E-state index contributed by atoms with van der Waals surface area (Å²) in [4.78, 5) is 0. The van der Waals surface area contributed by atoms with Crippen molar-refractivity contribution >= 4 is 10.8 Å². The monoisotopic (exact) mass is 189 g/mol. The molecule has 0 aromatic rings. The molecule has 12 heavy (non-hydrogen) atoms. The van der Waals surface area contributed by atoms with Crippen LogP contribution in [0.5, 0.6) is 0 Å². The fourth-order valence-corrected chi connectivity index (χ4v) is 3.45. The summed E-state index contributed by atoms with van der Waals surface area (Å²) in [5.74, 6) is 0.808. The van der Waals surface area contributed by atoms with Gasteiger partial charge in [0.15, 0.2) is 0 Å². The van der Waals surface area contributed by atoms with E-state index in [0.717, 1.165) is 12.2 Å². The van der Waals surface area contributed by atoms with Crippen LogP contribution in [0.25, 0.3) is 0 Å². The predicted molar refractivity (Wildman–Crippen MR) is 53.8 cm³/mol. The van der Waals surface area contributed by atoms with Gasteiger partial charge in [-0.3, -0.25) is 4.21 Å². The maximum absolute atomic E-state index is 11.6. The van der Waals surface area contributed by atoms with Gasteiger partial charge in [0.2, 0.25) is 0 Å². The van der Waals surface area contributed by atoms with Gasteiger partial charge in [0.1, 0.15) is 0 Å². The second kappa shape index (κ2) is 4.97. The van der Waals surface area contributed by atoms with Crippen molar-refractivity contribution < 1.29 is 4.21 Å². The molecule has 0 spiro atoms. The summed E-state index contributed by atoms with van der Waals surface area (Å²) >= 11 is 0. The molecule has 0 heterocycles. The van der Waals surface area contributed by atoms with Gasteiger partial charge in [-0.2, -0.15) is 0 Å². The van der Waals surface area contributed by atoms with Crippen LogP contribution in [0.4, 0.5) is 0 Å². The van der Waals surface area contributed by atoms with E-state index in [0.29, 0.717) is 11.3 Å². The van der Waals surface area contributed by atoms with Crippen LogP contribution in [-0.4, -0.2) is 28.3 Å². The third-order valence-corrected chi connectivity index (χ3v) is 4.50. The topological polar surface area (TPSA) is 29.1 Å². The lowest BCUT2D eigenvalue weighted by Crippen LogP contribution is -2.42. The van der Waals surface area contributed by atoms with Crippen molar-refractivity contribution in [1.82, 2.24) is 5.32 Å². The number of rotatable bonds is 3. The van der Waals surface area contributed by atoms with Crippen LogP contribution in [0.3, 0.4) is 0 Å². The highest BCUT2D eigenvalue weighted by Crippen LogP contribution is 2.22. The first-order chi connectivity index (χ1) is 5.79. The van der Waals surface area contributed by atoms with Crippen LogP contribution in [0.1, 0.15) is 32.6 Å². The van der Waals surface area contributed by atoms with Gasteiger partial charge in [0, 0.05) is 22.6 Å². The van der Waals surface area contributed by atoms with Crippen LogP contribution < -0.4 is 5.32 Å². The molecule has 1 fully saturated rings. The summed E-state index contributed by atoms with van der Waals surface area (Å²) in [5, 5.41) is 3.69. The molecule has 0 aromatic heterocycles. The molecule has 1 N–H and O–H groups in total. The first-order valence-electron chi connectivity index (χ1n) is 4.84. The normalized spacial score (nSPS) is 33.2. The van der Waals surface area contributed by atoms with Gasteiger partial charge in [-0.1, -0.05) is 19.8 Å². The minimum Gasteiger partial charge on any atom is -0.316 e. The van der Waals surface area contributed by atoms with E-state index in [1.54, 1.807) is 0 Å². The molecule has 0 aliphatic heterocycles. The van der Waals surface area contributed by atoms with Gasteiger partial charge < -0.3 is 5.32 Å². The highest BCUT2D eigenvalue weighted by Gasteiger charge is 2.27. The molecule has 0 amide bonds. The van der Waals surface area contributed by atoms with Gasteiger partial charge in [-0.05, 0) is 19.9 Å². The Morgan fingerprint density at radius 1 is 1.42 bits per heavy atom. The molecule has 3 unspecified atom stereocenters. The molecule has 1 aliphatic rings. The third-order valence-electron chi connectivity index (χ3n) is 2.70. The summed E-state index contributed by atoms with van der Waals surface area (Å²) in [6, 6.07) is 0.500. The summed E-state index contributed by atoms with van der Waals surface area (Å²) in [6.07, 6.45) is 4.90. The lowest BCUT2D eigenvalue weighted by Gasteiger charge is -2.30. The zero-order valence-electron chi connectivity index (χ0n) is 8.01. The Bertz CT molecular complexity index is 161. The standard InChI is InChI=1S/C9H19NOS/c1-3-12(11)9-7-5-4-6-8(9)10-2/h8-10H,3-7H2,1-2H3. The zero-order valence-corrected chi connectivity index (χ0v) is 8.82. The molecule has 1 rings (SSSR count). The van der Waals surface area contributed by atoms with Gasteiger partial charge in [0.25, 0.3) is 0 Å². The summed E-state index contributed by atoms with van der Waals surface area (Å²) < 4.78 is 11.6. The molecule has 72 valence electrons. The molecule has 1 aliphatic carbocycles. The molecule has 3 heteroatoms. The summed E-state index contributed by atoms with van der Waals surface area (Å²) in [6.45, 7) is 2.01. The van der Waals surface area contributed by atoms with E-state index in [4.69, 9.17) is 0 Å². The highest BCUT2D eigenvalue weighted by atomic mass is 32.2. The molecule has 1 saturated carbocycles. The lowest BCUT2D eigenvalue weighted by molar-refractivity contribution is 0.399. The summed E-state index contributed by atoms with van der Waals surface area (Å²) in [7, 11) is 1.38. The maximum Gasteiger partial charge on any atom is 0.0501 e. The van der Waals surface area contributed by atoms with E-state index in [1.807, 2.05) is 14.0 Å². The number of nitrogens with one attached hydrogen (secondary N) is 1. The van der Waals surface area contributed by atoms with E-state index in [1.165, 1.54) is 19.3 Å². The van der Waals surface area contributed by atoms with Crippen LogP contribution in [0, 0.1) is 0 Å². The second-order valence-corrected chi connectivity index (χ2v) is 5.33. The van der Waals surface area contributed by atoms with E-state index in [9.17, 15) is 4.21 Å². The Morgan fingerprint density at radius 3 is 2.67 bits per heavy atom. The third kappa shape index (κ3) is 2.30. The summed E-state index contributed by atoms with van der Waals surface area (Å²) in [5.41, 5.74) is 0. The van der Waals surface area contributed by atoms with Crippen LogP contribution in [0.15, 0.2) is 0 Å². The maximum atomic E-state index is 11.6. The SMILES string of the molecule is CCS(=O)C1CCCCC1NC. The molecule has 0 radical (unpaired) electrons. The largest absolute Gasteiger partial charge is 0.316 e. The average Bonchev–Trinajstić information content (AvgIpc) is 2.16. The van der Waals surface area contributed by atoms with Gasteiger partial charge in [0.05, 0.1) is 5.25 Å². The van der Waals surface area contributed by atoms with Gasteiger partial charge in [-0.15, -0.1) is 0 Å². The molecule has 2 nitrogen and oxygen atoms in total. The molecule has 3 atom stereocenters. The van der Waals surface area contributed by atoms with Crippen molar-refractivity contribution in [1.29, 1.82) is 0 Å². The Kier molecular flexibility index (Phi) is 4.22. The van der Waals surface area contributed by atoms with Crippen molar-refractivity contribution in [3.63, 3.8) is 0 Å². The van der Waals surface area contributed by atoms with Crippen molar-refractivity contribution in [3.05, 3.63) is 0 Å². The molecular weight excluding hydrogens is 170 g/mol. The van der Waals surface area contributed by atoms with Crippen LogP contribution in [-0.2, 0) is 10.8 Å². The molecule has 0 saturated heterocycles. The van der Waals surface area contributed by atoms with E-state index < -0.39 is 10.8 Å². The van der Waals surface area contributed by atoms with Crippen LogP contribution in [0.2, 0.25) is 0 Å². The van der Waals surface area contributed by atoms with Gasteiger partial charge >= 0.3 is 0 Å². The molecular formula is C9H19NOS. The minimum absolute atomic E-state index is 0.411. The first kappa shape index (κ1) is 10.2. The average molecular weight is 189 g/mol. The lowest BCUT2D eigenvalue weighted by atomic mass is 9.95. The zero-order chi connectivity index (χ0) is 8.97. The molecule has 0 aromatic carbocycles. The smallest absolute Gasteiger partial charge is 0.0501 e. The Balaban J connectivity index is 2.52. The quantitative estimate of drug-likeness (QED) is 0.725. The molecule has 0 bridgehead atoms. The van der Waals surface area contributed by atoms with Crippen molar-refractivity contribution in [3.8, 4) is 0 Å². The van der Waals surface area contributed by atoms with Gasteiger partial charge in [-0.25, -0.2) is 0 Å². The van der Waals surface area contributed by atoms with E-state index in [2.05, 4.69) is 5.32 Å². The minimum atomic E-state index is -0.606. The fourth-order valence-electron chi connectivity index (χ4n) is 1.96. The van der Waals surface area contributed by atoms with Crippen LogP contribution >= 0.6 is 0 Å².